The molecule has 0 saturated heterocycles. The molecule has 0 aliphatic carbocycles. The van der Waals surface area contributed by atoms with Crippen molar-refractivity contribution in [2.24, 2.45) is 0 Å². The summed E-state index contributed by atoms with van der Waals surface area (Å²) in [4.78, 5) is 16.3. The Morgan fingerprint density at radius 2 is 2.25 bits per heavy atom. The van der Waals surface area contributed by atoms with E-state index in [1.807, 2.05) is 0 Å². The minimum Gasteiger partial charge on any atom is -0.472 e. The van der Waals surface area contributed by atoms with Crippen LogP contribution in [0.1, 0.15) is 29.4 Å². The van der Waals surface area contributed by atoms with Crippen molar-refractivity contribution >= 4 is 23.3 Å². The zero-order chi connectivity index (χ0) is 14.4. The molecule has 0 spiro atoms. The van der Waals surface area contributed by atoms with Gasteiger partial charge in [-0.15, -0.1) is 0 Å². The Balaban J connectivity index is 2.04. The maximum Gasteiger partial charge on any atom is 0.271 e. The van der Waals surface area contributed by atoms with Gasteiger partial charge in [-0.1, -0.05) is 18.5 Å². The number of amides is 1. The Bertz CT molecular complexity index is 570. The molecule has 2 rings (SSSR count). The minimum atomic E-state index is -0.309. The number of nitrogens with one attached hydrogen (secondary N) is 2. The first-order chi connectivity index (χ1) is 9.70. The number of nitrogens with zero attached hydrogens (tertiary/aromatic N) is 1. The van der Waals surface area contributed by atoms with Crippen LogP contribution in [-0.4, -0.2) is 17.4 Å². The van der Waals surface area contributed by atoms with E-state index in [1.54, 1.807) is 30.7 Å². The van der Waals surface area contributed by atoms with Crippen LogP contribution in [0.3, 0.4) is 0 Å². The van der Waals surface area contributed by atoms with E-state index >= 15 is 0 Å². The lowest BCUT2D eigenvalue weighted by Crippen LogP contribution is -2.24. The number of furan rings is 1. The molecule has 0 atom stereocenters. The highest BCUT2D eigenvalue weighted by molar-refractivity contribution is 6.33. The third kappa shape index (κ3) is 3.74. The van der Waals surface area contributed by atoms with Crippen molar-refractivity contribution in [3.05, 3.63) is 47.0 Å². The Hall–Kier alpha value is -2.01. The summed E-state index contributed by atoms with van der Waals surface area (Å²) in [6, 6.07) is 5.21. The molecule has 0 aliphatic heterocycles. The van der Waals surface area contributed by atoms with E-state index in [0.29, 0.717) is 17.4 Å². The predicted octanol–water partition coefficient (Wildman–Crippen LogP) is 3.08. The summed E-state index contributed by atoms with van der Waals surface area (Å²) in [5, 5.41) is 6.20. The van der Waals surface area contributed by atoms with Gasteiger partial charge in [0.25, 0.3) is 5.91 Å². The van der Waals surface area contributed by atoms with E-state index in [2.05, 4.69) is 22.5 Å². The first-order valence-corrected chi connectivity index (χ1v) is 6.78. The van der Waals surface area contributed by atoms with Gasteiger partial charge in [-0.25, -0.2) is 4.98 Å². The molecule has 0 radical (unpaired) electrons. The van der Waals surface area contributed by atoms with Gasteiger partial charge in [0.15, 0.2) is 0 Å². The molecule has 2 N–H and O–H groups in total. The third-order valence-electron chi connectivity index (χ3n) is 2.65. The number of hydrogen-bond donors (Lipinski definition) is 2. The molecular weight excluding hydrogens is 278 g/mol. The predicted molar refractivity (Wildman–Crippen MR) is 77.9 cm³/mol. The lowest BCUT2D eigenvalue weighted by molar-refractivity contribution is 0.0946. The number of carbonyl (C=O) groups is 1. The topological polar surface area (TPSA) is 67.2 Å². The maximum atomic E-state index is 12.1. The molecule has 6 heteroatoms. The van der Waals surface area contributed by atoms with Crippen LogP contribution in [0.4, 0.5) is 5.82 Å². The summed E-state index contributed by atoms with van der Waals surface area (Å²) < 4.78 is 4.94. The normalized spacial score (nSPS) is 10.3. The van der Waals surface area contributed by atoms with Crippen molar-refractivity contribution < 1.29 is 9.21 Å². The van der Waals surface area contributed by atoms with E-state index in [1.165, 1.54) is 0 Å². The molecule has 2 aromatic rings. The summed E-state index contributed by atoms with van der Waals surface area (Å²) in [6.07, 6.45) is 4.11. The van der Waals surface area contributed by atoms with Gasteiger partial charge < -0.3 is 15.1 Å². The Morgan fingerprint density at radius 1 is 1.40 bits per heavy atom. The van der Waals surface area contributed by atoms with Gasteiger partial charge in [-0.2, -0.15) is 0 Å². The molecule has 106 valence electrons. The van der Waals surface area contributed by atoms with Crippen LogP contribution in [0.5, 0.6) is 0 Å². The maximum absolute atomic E-state index is 12.1. The largest absolute Gasteiger partial charge is 0.472 e. The van der Waals surface area contributed by atoms with E-state index in [4.69, 9.17) is 16.0 Å². The van der Waals surface area contributed by atoms with Crippen molar-refractivity contribution in [1.82, 2.24) is 10.3 Å². The lowest BCUT2D eigenvalue weighted by Gasteiger charge is -2.08. The fourth-order valence-electron chi connectivity index (χ4n) is 1.61. The Labute approximate surface area is 122 Å². The monoisotopic (exact) mass is 293 g/mol. The fraction of sp³-hybridized carbons (Fsp3) is 0.286. The Morgan fingerprint density at radius 3 is 2.95 bits per heavy atom. The summed E-state index contributed by atoms with van der Waals surface area (Å²) >= 11 is 6.02. The Kier molecular flexibility index (Phi) is 5.01. The molecule has 5 nitrogen and oxygen atoms in total. The van der Waals surface area contributed by atoms with E-state index in [0.717, 1.165) is 18.5 Å². The third-order valence-corrected chi connectivity index (χ3v) is 2.96. The lowest BCUT2D eigenvalue weighted by atomic mass is 10.3. The second-order valence-corrected chi connectivity index (χ2v) is 4.68. The van der Waals surface area contributed by atoms with Gasteiger partial charge >= 0.3 is 0 Å². The average molecular weight is 294 g/mol. The van der Waals surface area contributed by atoms with Gasteiger partial charge in [0, 0.05) is 18.7 Å². The quantitative estimate of drug-likeness (QED) is 0.859. The molecule has 0 unspecified atom stereocenters. The number of halogens is 1. The zero-order valence-corrected chi connectivity index (χ0v) is 11.9. The van der Waals surface area contributed by atoms with Crippen LogP contribution in [0.15, 0.2) is 35.1 Å². The zero-order valence-electron chi connectivity index (χ0n) is 11.1. The molecule has 1 amide bonds. The number of aromatic nitrogens is 1. The highest BCUT2D eigenvalue weighted by Crippen LogP contribution is 2.17. The first-order valence-electron chi connectivity index (χ1n) is 6.40. The molecule has 0 aliphatic rings. The van der Waals surface area contributed by atoms with E-state index < -0.39 is 0 Å². The fourth-order valence-corrected chi connectivity index (χ4v) is 1.80. The average Bonchev–Trinajstić information content (AvgIpc) is 2.97. The van der Waals surface area contributed by atoms with Gasteiger partial charge in [0.2, 0.25) is 0 Å². The second-order valence-electron chi connectivity index (χ2n) is 4.27. The van der Waals surface area contributed by atoms with Crippen LogP contribution in [0, 0.1) is 0 Å². The minimum absolute atomic E-state index is 0.219. The number of pyridine rings is 1. The summed E-state index contributed by atoms with van der Waals surface area (Å²) in [5.41, 5.74) is 1.10. The molecule has 2 aromatic heterocycles. The summed E-state index contributed by atoms with van der Waals surface area (Å²) in [7, 11) is 0. The highest BCUT2D eigenvalue weighted by Gasteiger charge is 2.13. The van der Waals surface area contributed by atoms with Gasteiger partial charge in [0.1, 0.15) is 11.5 Å². The number of rotatable bonds is 6. The van der Waals surface area contributed by atoms with Crippen molar-refractivity contribution in [3.8, 4) is 0 Å². The molecule has 20 heavy (non-hydrogen) atoms. The molecule has 0 bridgehead atoms. The first kappa shape index (κ1) is 14.4. The van der Waals surface area contributed by atoms with Gasteiger partial charge in [-0.05, 0) is 24.6 Å². The summed E-state index contributed by atoms with van der Waals surface area (Å²) in [6.45, 7) is 3.23. The van der Waals surface area contributed by atoms with Crippen molar-refractivity contribution in [2.45, 2.75) is 19.9 Å². The highest BCUT2D eigenvalue weighted by atomic mass is 35.5. The van der Waals surface area contributed by atoms with E-state index in [9.17, 15) is 4.79 Å². The summed E-state index contributed by atoms with van der Waals surface area (Å²) in [5.74, 6) is 0.334. The van der Waals surface area contributed by atoms with Crippen LogP contribution >= 0.6 is 11.6 Å². The van der Waals surface area contributed by atoms with Crippen molar-refractivity contribution in [2.75, 3.05) is 11.9 Å². The standard InChI is InChI=1S/C14H16ClN3O2/c1-2-6-16-12-4-3-11(15)13(18-12)14(19)17-8-10-5-7-20-9-10/h3-5,7,9H,2,6,8H2,1H3,(H,16,18)(H,17,19). The molecule has 2 heterocycles. The van der Waals surface area contributed by atoms with Gasteiger partial charge in [-0.3, -0.25) is 4.79 Å². The molecule has 0 fully saturated rings. The van der Waals surface area contributed by atoms with Crippen LogP contribution in [0.25, 0.3) is 0 Å². The molecule has 0 aromatic carbocycles. The number of anilines is 1. The molecule has 0 saturated carbocycles. The SMILES string of the molecule is CCCNc1ccc(Cl)c(C(=O)NCc2ccoc2)n1. The van der Waals surface area contributed by atoms with Crippen molar-refractivity contribution in [1.29, 1.82) is 0 Å². The smallest absolute Gasteiger partial charge is 0.271 e. The van der Waals surface area contributed by atoms with Crippen molar-refractivity contribution in [3.63, 3.8) is 0 Å². The van der Waals surface area contributed by atoms with Gasteiger partial charge in [0.05, 0.1) is 17.5 Å². The van der Waals surface area contributed by atoms with Crippen LogP contribution in [0.2, 0.25) is 5.02 Å². The number of carbonyl (C=O) groups excluding carboxylic acids is 1. The number of hydrogen-bond acceptors (Lipinski definition) is 4. The van der Waals surface area contributed by atoms with Crippen LogP contribution < -0.4 is 10.6 Å². The second kappa shape index (κ2) is 6.96. The van der Waals surface area contributed by atoms with E-state index in [-0.39, 0.29) is 11.6 Å². The van der Waals surface area contributed by atoms with Crippen LogP contribution in [-0.2, 0) is 6.54 Å². The molecular formula is C14H16ClN3O2.